The number of nitrogens with zero attached hydrogens (tertiary/aromatic N) is 5. The molecular weight excluding hydrogens is 564 g/mol. The minimum Gasteiger partial charge on any atom is -0.465 e. The maximum atomic E-state index is 13.8. The van der Waals surface area contributed by atoms with E-state index in [1.54, 1.807) is 80.9 Å². The Hall–Kier alpha value is -4.84. The van der Waals surface area contributed by atoms with E-state index in [2.05, 4.69) is 10.3 Å². The molecule has 3 heterocycles. The first-order valence-electron chi connectivity index (χ1n) is 12.9. The lowest BCUT2D eigenvalue weighted by Crippen LogP contribution is -2.40. The van der Waals surface area contributed by atoms with Crippen molar-refractivity contribution in [2.75, 3.05) is 12.4 Å². The zero-order valence-electron chi connectivity index (χ0n) is 23.9. The molecule has 2 aromatic carbocycles. The third-order valence-electron chi connectivity index (χ3n) is 6.69. The number of anilines is 2. The molecule has 1 N–H and O–H groups in total. The molecule has 0 aliphatic rings. The van der Waals surface area contributed by atoms with Gasteiger partial charge in [-0.05, 0) is 63.2 Å². The monoisotopic (exact) mass is 592 g/mol. The highest BCUT2D eigenvalue weighted by Crippen LogP contribution is 2.28. The fraction of sp³-hybridized carbons (Fsp3) is 0.276. The predicted octanol–water partition coefficient (Wildman–Crippen LogP) is 4.40. The molecule has 5 aromatic rings. The molecule has 218 valence electrons. The number of hydrogen-bond donors (Lipinski definition) is 1. The van der Waals surface area contributed by atoms with Crippen molar-refractivity contribution in [1.82, 2.24) is 23.3 Å². The molecule has 0 bridgehead atoms. The van der Waals surface area contributed by atoms with Crippen molar-refractivity contribution in [2.24, 2.45) is 14.1 Å². The Labute approximate surface area is 244 Å². The van der Waals surface area contributed by atoms with Gasteiger partial charge in [0.25, 0.3) is 5.56 Å². The summed E-state index contributed by atoms with van der Waals surface area (Å²) in [4.78, 5) is 56.8. The molecule has 0 aliphatic carbocycles. The van der Waals surface area contributed by atoms with Crippen LogP contribution in [0.15, 0.2) is 58.1 Å². The maximum Gasteiger partial charge on any atom is 0.419 e. The number of esters is 1. The van der Waals surface area contributed by atoms with Crippen LogP contribution >= 0.6 is 11.6 Å². The van der Waals surface area contributed by atoms with Gasteiger partial charge in [0.15, 0.2) is 11.2 Å². The quantitative estimate of drug-likeness (QED) is 0.297. The summed E-state index contributed by atoms with van der Waals surface area (Å²) in [6.45, 7) is 5.02. The molecule has 0 unspecified atom stereocenters. The topological polar surface area (TPSA) is 131 Å². The second kappa shape index (κ2) is 10.5. The van der Waals surface area contributed by atoms with Crippen molar-refractivity contribution in [2.45, 2.75) is 32.9 Å². The first-order chi connectivity index (χ1) is 19.8. The number of methoxy groups -OCH3 is 1. The van der Waals surface area contributed by atoms with Crippen molar-refractivity contribution in [3.8, 4) is 0 Å². The summed E-state index contributed by atoms with van der Waals surface area (Å²) in [7, 11) is 4.47. The Morgan fingerprint density at radius 1 is 1.02 bits per heavy atom. The van der Waals surface area contributed by atoms with Crippen molar-refractivity contribution in [3.63, 3.8) is 0 Å². The standard InChI is InChI=1S/C29H29ClN6O6/c1-29(2,3)42-28(40)36-18(14-19-20(30)8-7-9-21(19)36)15-35-24(37)22-23(34(5)27(35)39)32-26(33(22)4)31-17-12-10-16(11-13-17)25(38)41-6/h7-14H,15H2,1-6H3,(H,31,32). The number of aryl methyl sites for hydroxylation is 2. The van der Waals surface area contributed by atoms with Crippen LogP contribution in [-0.2, 0) is 30.1 Å². The van der Waals surface area contributed by atoms with Gasteiger partial charge in [-0.15, -0.1) is 0 Å². The van der Waals surface area contributed by atoms with Crippen molar-refractivity contribution >= 4 is 57.4 Å². The van der Waals surface area contributed by atoms with E-state index in [0.29, 0.717) is 38.8 Å². The van der Waals surface area contributed by atoms with Gasteiger partial charge in [0, 0.05) is 30.2 Å². The fourth-order valence-corrected chi connectivity index (χ4v) is 4.91. The van der Waals surface area contributed by atoms with E-state index in [-0.39, 0.29) is 17.7 Å². The smallest absolute Gasteiger partial charge is 0.419 e. The van der Waals surface area contributed by atoms with Crippen LogP contribution < -0.4 is 16.6 Å². The zero-order valence-corrected chi connectivity index (χ0v) is 24.6. The zero-order chi connectivity index (χ0) is 30.5. The highest BCUT2D eigenvalue weighted by atomic mass is 35.5. The van der Waals surface area contributed by atoms with Crippen molar-refractivity contribution in [3.05, 3.63) is 85.6 Å². The lowest BCUT2D eigenvalue weighted by Gasteiger charge is -2.21. The van der Waals surface area contributed by atoms with Crippen molar-refractivity contribution < 1.29 is 19.1 Å². The summed E-state index contributed by atoms with van der Waals surface area (Å²) in [5, 5.41) is 4.11. The number of carbonyl (C=O) groups excluding carboxylic acids is 2. The number of benzene rings is 2. The summed E-state index contributed by atoms with van der Waals surface area (Å²) in [6.07, 6.45) is -0.661. The third kappa shape index (κ3) is 5.05. The van der Waals surface area contributed by atoms with Crippen LogP contribution in [-0.4, -0.2) is 48.0 Å². The molecule has 12 nitrogen and oxygen atoms in total. The summed E-state index contributed by atoms with van der Waals surface area (Å²) < 4.78 is 15.6. The molecule has 0 atom stereocenters. The Morgan fingerprint density at radius 2 is 1.71 bits per heavy atom. The number of nitrogens with one attached hydrogen (secondary N) is 1. The highest BCUT2D eigenvalue weighted by Gasteiger charge is 2.25. The van der Waals surface area contributed by atoms with Crippen LogP contribution in [0.5, 0.6) is 0 Å². The molecule has 0 saturated heterocycles. The molecule has 3 aromatic heterocycles. The van der Waals surface area contributed by atoms with Gasteiger partial charge < -0.3 is 19.4 Å². The van der Waals surface area contributed by atoms with E-state index in [4.69, 9.17) is 21.1 Å². The minimum absolute atomic E-state index is 0.170. The van der Waals surface area contributed by atoms with Gasteiger partial charge in [-0.2, -0.15) is 4.98 Å². The SMILES string of the molecule is COC(=O)c1ccc(Nc2nc3c(c(=O)n(Cc4cc5c(Cl)cccc5n4C(=O)OC(C)(C)C)c(=O)n3C)n2C)cc1. The van der Waals surface area contributed by atoms with Gasteiger partial charge in [0.1, 0.15) is 5.60 Å². The number of aromatic nitrogens is 5. The third-order valence-corrected chi connectivity index (χ3v) is 7.02. The minimum atomic E-state index is -0.785. The van der Waals surface area contributed by atoms with E-state index in [1.165, 1.54) is 23.3 Å². The largest absolute Gasteiger partial charge is 0.465 e. The molecule has 5 rings (SSSR count). The first-order valence-corrected chi connectivity index (χ1v) is 13.3. The maximum absolute atomic E-state index is 13.8. The lowest BCUT2D eigenvalue weighted by atomic mass is 10.2. The molecule has 13 heteroatoms. The summed E-state index contributed by atoms with van der Waals surface area (Å²) in [5.74, 6) is -0.164. The van der Waals surface area contributed by atoms with E-state index in [9.17, 15) is 19.2 Å². The first kappa shape index (κ1) is 28.7. The molecule has 0 saturated carbocycles. The van der Waals surface area contributed by atoms with Crippen LogP contribution in [0.2, 0.25) is 5.02 Å². The van der Waals surface area contributed by atoms with Crippen molar-refractivity contribution in [1.29, 1.82) is 0 Å². The predicted molar refractivity (Wildman–Crippen MR) is 159 cm³/mol. The van der Waals surface area contributed by atoms with E-state index < -0.39 is 28.9 Å². The van der Waals surface area contributed by atoms with Crippen LogP contribution in [0, 0.1) is 0 Å². The average Bonchev–Trinajstić information content (AvgIpc) is 3.47. The highest BCUT2D eigenvalue weighted by molar-refractivity contribution is 6.35. The summed E-state index contributed by atoms with van der Waals surface area (Å²) in [6, 6.07) is 13.3. The molecule has 42 heavy (non-hydrogen) atoms. The molecule has 0 fully saturated rings. The van der Waals surface area contributed by atoms with Gasteiger partial charge in [-0.25, -0.2) is 19.0 Å². The number of hydrogen-bond acceptors (Lipinski definition) is 8. The van der Waals surface area contributed by atoms with Gasteiger partial charge in [0.05, 0.1) is 30.4 Å². The van der Waals surface area contributed by atoms with E-state index >= 15 is 0 Å². The second-order valence-electron chi connectivity index (χ2n) is 10.7. The Kier molecular flexibility index (Phi) is 7.19. The lowest BCUT2D eigenvalue weighted by molar-refractivity contribution is 0.0538. The number of carbonyl (C=O) groups is 2. The molecule has 0 spiro atoms. The average molecular weight is 593 g/mol. The van der Waals surface area contributed by atoms with Gasteiger partial charge >= 0.3 is 17.8 Å². The fourth-order valence-electron chi connectivity index (χ4n) is 4.68. The van der Waals surface area contributed by atoms with E-state index in [0.717, 1.165) is 4.57 Å². The van der Waals surface area contributed by atoms with Gasteiger partial charge in [-0.3, -0.25) is 13.9 Å². The molecular formula is C29H29ClN6O6. The Bertz CT molecular complexity index is 1990. The number of ether oxygens (including phenoxy) is 2. The summed E-state index contributed by atoms with van der Waals surface area (Å²) in [5.41, 5.74) is 0.161. The van der Waals surface area contributed by atoms with Crippen LogP contribution in [0.3, 0.4) is 0 Å². The van der Waals surface area contributed by atoms with Gasteiger partial charge in [0.2, 0.25) is 5.95 Å². The molecule has 0 amide bonds. The number of rotatable bonds is 5. The Balaban J connectivity index is 1.60. The Morgan fingerprint density at radius 3 is 2.36 bits per heavy atom. The van der Waals surface area contributed by atoms with Crippen LogP contribution in [0.1, 0.15) is 36.8 Å². The van der Waals surface area contributed by atoms with Crippen LogP contribution in [0.4, 0.5) is 16.4 Å². The normalized spacial score (nSPS) is 11.7. The van der Waals surface area contributed by atoms with Gasteiger partial charge in [-0.1, -0.05) is 17.7 Å². The number of halogens is 1. The molecule has 0 aliphatic heterocycles. The molecule has 0 radical (unpaired) electrons. The summed E-state index contributed by atoms with van der Waals surface area (Å²) >= 11 is 6.43. The van der Waals surface area contributed by atoms with Crippen LogP contribution in [0.25, 0.3) is 22.1 Å². The second-order valence-corrected chi connectivity index (χ2v) is 11.1. The number of imidazole rings is 1. The number of fused-ring (bicyclic) bond motifs is 2. The van der Waals surface area contributed by atoms with E-state index in [1.807, 2.05) is 0 Å².